The summed E-state index contributed by atoms with van der Waals surface area (Å²) in [4.78, 5) is 4.58. The Balaban J connectivity index is 1.86. The van der Waals surface area contributed by atoms with Gasteiger partial charge in [0.1, 0.15) is 12.4 Å². The summed E-state index contributed by atoms with van der Waals surface area (Å²) in [6.45, 7) is 1.33. The number of fused-ring (bicyclic) bond motifs is 2. The average molecular weight is 311 g/mol. The minimum atomic E-state index is -0.278. The van der Waals surface area contributed by atoms with Gasteiger partial charge in [0.25, 0.3) is 11.8 Å². The van der Waals surface area contributed by atoms with Gasteiger partial charge in [-0.25, -0.2) is 0 Å². The Hall–Kier alpha value is -2.56. The molecule has 1 N–H and O–H groups in total. The van der Waals surface area contributed by atoms with Crippen LogP contribution in [-0.4, -0.2) is 41.6 Å². The molecule has 0 aromatic heterocycles. The molecule has 0 fully saturated rings. The van der Waals surface area contributed by atoms with Gasteiger partial charge in [0.2, 0.25) is 0 Å². The topological polar surface area (TPSA) is 54.1 Å². The maximum absolute atomic E-state index is 10.8. The summed E-state index contributed by atoms with van der Waals surface area (Å²) in [5, 5.41) is 10.8. The van der Waals surface area contributed by atoms with Crippen molar-refractivity contribution in [3.05, 3.63) is 53.3 Å². The largest absolute Gasteiger partial charge is 0.497 e. The molecule has 0 saturated heterocycles. The van der Waals surface area contributed by atoms with Gasteiger partial charge >= 0.3 is 0 Å². The number of allylic oxidation sites excluding steroid dienone is 1. The van der Waals surface area contributed by atoms with Gasteiger partial charge in [0.15, 0.2) is 11.5 Å². The van der Waals surface area contributed by atoms with Crippen LogP contribution in [0.2, 0.25) is 0 Å². The first kappa shape index (κ1) is 14.1. The maximum Gasteiger partial charge on any atom is 0.257 e. The Kier molecular flexibility index (Phi) is 3.41. The lowest BCUT2D eigenvalue weighted by atomic mass is 9.89. The third-order valence-corrected chi connectivity index (χ3v) is 4.46. The molecule has 1 unspecified atom stereocenters. The van der Waals surface area contributed by atoms with Crippen LogP contribution in [0.1, 0.15) is 24.4 Å². The summed E-state index contributed by atoms with van der Waals surface area (Å²) in [5.41, 5.74) is 3.61. The van der Waals surface area contributed by atoms with Crippen molar-refractivity contribution < 1.29 is 19.4 Å². The predicted molar refractivity (Wildman–Crippen MR) is 86.4 cm³/mol. The lowest BCUT2D eigenvalue weighted by Crippen LogP contribution is -2.39. The summed E-state index contributed by atoms with van der Waals surface area (Å²) in [5.74, 6) is 1.61. The Morgan fingerprint density at radius 1 is 1.30 bits per heavy atom. The molecular formula is C18H19N2O3+. The highest BCUT2D eigenvalue weighted by molar-refractivity contribution is 6.47. The van der Waals surface area contributed by atoms with E-state index in [0.29, 0.717) is 6.61 Å². The molecule has 1 atom stereocenters. The van der Waals surface area contributed by atoms with E-state index in [1.54, 1.807) is 7.11 Å². The van der Waals surface area contributed by atoms with Crippen molar-refractivity contribution in [2.45, 2.75) is 18.9 Å². The molecule has 0 saturated carbocycles. The van der Waals surface area contributed by atoms with Crippen molar-refractivity contribution in [2.75, 3.05) is 20.3 Å². The van der Waals surface area contributed by atoms with Crippen LogP contribution in [0.15, 0.2) is 52.7 Å². The molecule has 4 rings (SSSR count). The van der Waals surface area contributed by atoms with E-state index in [2.05, 4.69) is 4.99 Å². The molecule has 1 aromatic carbocycles. The molecule has 3 aliphatic rings. The molecule has 5 nitrogen and oxygen atoms in total. The highest BCUT2D eigenvalue weighted by Gasteiger charge is 2.44. The van der Waals surface area contributed by atoms with Crippen LogP contribution in [0, 0.1) is 0 Å². The van der Waals surface area contributed by atoms with E-state index in [9.17, 15) is 5.21 Å². The van der Waals surface area contributed by atoms with Crippen molar-refractivity contribution in [3.8, 4) is 5.75 Å². The fraction of sp³-hybridized carbons (Fsp3) is 0.333. The van der Waals surface area contributed by atoms with Gasteiger partial charge < -0.3 is 9.47 Å². The molecule has 0 aliphatic carbocycles. The zero-order chi connectivity index (χ0) is 15.8. The van der Waals surface area contributed by atoms with Gasteiger partial charge in [0.05, 0.1) is 12.7 Å². The first-order valence-electron chi connectivity index (χ1n) is 7.86. The second kappa shape index (κ2) is 5.57. The maximum atomic E-state index is 10.8. The zero-order valence-electron chi connectivity index (χ0n) is 13.0. The van der Waals surface area contributed by atoms with Crippen LogP contribution in [0.4, 0.5) is 0 Å². The van der Waals surface area contributed by atoms with Gasteiger partial charge in [-0.2, -0.15) is 0 Å². The number of ether oxygens (including phenoxy) is 2. The molecular weight excluding hydrogens is 292 g/mol. The molecule has 23 heavy (non-hydrogen) atoms. The number of methoxy groups -OCH3 is 1. The smallest absolute Gasteiger partial charge is 0.257 e. The number of nitrogens with zero attached hydrogens (tertiary/aromatic N) is 2. The highest BCUT2D eigenvalue weighted by Crippen LogP contribution is 2.36. The van der Waals surface area contributed by atoms with E-state index < -0.39 is 0 Å². The predicted octanol–water partition coefficient (Wildman–Crippen LogP) is 2.67. The second-order valence-electron chi connectivity index (χ2n) is 5.80. The van der Waals surface area contributed by atoms with Crippen LogP contribution in [0.25, 0.3) is 0 Å². The molecule has 0 spiro atoms. The number of rotatable bonds is 2. The molecule has 0 amide bonds. The molecule has 5 heteroatoms. The van der Waals surface area contributed by atoms with E-state index in [1.807, 2.05) is 36.4 Å². The van der Waals surface area contributed by atoms with Crippen molar-refractivity contribution in [1.82, 2.24) is 0 Å². The lowest BCUT2D eigenvalue weighted by Gasteiger charge is -2.27. The molecule has 3 aliphatic heterocycles. The molecule has 0 bridgehead atoms. The first-order chi connectivity index (χ1) is 11.3. The number of aliphatic imine (C=N–C) groups is 1. The van der Waals surface area contributed by atoms with E-state index in [1.165, 1.54) is 4.74 Å². The Bertz CT molecular complexity index is 757. The Morgan fingerprint density at radius 2 is 2.13 bits per heavy atom. The number of hydrogen-bond donors (Lipinski definition) is 1. The third kappa shape index (κ3) is 2.23. The minimum absolute atomic E-state index is 0.278. The SMILES string of the molecule is COc1ccc(C2C3=C(OCC=C3)C3=NCCCC3=[N+]2O)cc1. The summed E-state index contributed by atoms with van der Waals surface area (Å²) < 4.78 is 12.5. The van der Waals surface area contributed by atoms with Crippen LogP contribution in [0.3, 0.4) is 0 Å². The van der Waals surface area contributed by atoms with Gasteiger partial charge in [-0.15, -0.1) is 0 Å². The molecule has 3 heterocycles. The summed E-state index contributed by atoms with van der Waals surface area (Å²) in [6.07, 6.45) is 5.76. The summed E-state index contributed by atoms with van der Waals surface area (Å²) >= 11 is 0. The van der Waals surface area contributed by atoms with E-state index in [0.717, 1.165) is 53.5 Å². The third-order valence-electron chi connectivity index (χ3n) is 4.46. The quantitative estimate of drug-likeness (QED) is 0.675. The second-order valence-corrected chi connectivity index (χ2v) is 5.80. The Labute approximate surface area is 134 Å². The highest BCUT2D eigenvalue weighted by atomic mass is 16.5. The monoisotopic (exact) mass is 311 g/mol. The fourth-order valence-electron chi connectivity index (χ4n) is 3.35. The van der Waals surface area contributed by atoms with Crippen molar-refractivity contribution in [3.63, 3.8) is 0 Å². The Morgan fingerprint density at radius 3 is 2.91 bits per heavy atom. The molecule has 0 radical (unpaired) electrons. The standard InChI is InChI=1S/C18H19N2O3/c1-22-13-8-6-12(7-9-13)17-14-4-3-11-23-18(14)16-15(20(17)21)5-2-10-19-16/h3-4,6-9,17,21H,2,5,10-11H2,1H3/q+1. The van der Waals surface area contributed by atoms with Gasteiger partial charge in [-0.3, -0.25) is 10.2 Å². The van der Waals surface area contributed by atoms with Gasteiger partial charge in [0, 0.05) is 18.5 Å². The van der Waals surface area contributed by atoms with Crippen molar-refractivity contribution in [2.24, 2.45) is 4.99 Å². The first-order valence-corrected chi connectivity index (χ1v) is 7.86. The minimum Gasteiger partial charge on any atom is -0.497 e. The van der Waals surface area contributed by atoms with E-state index in [4.69, 9.17) is 9.47 Å². The van der Waals surface area contributed by atoms with E-state index >= 15 is 0 Å². The molecule has 118 valence electrons. The summed E-state index contributed by atoms with van der Waals surface area (Å²) in [7, 11) is 1.65. The van der Waals surface area contributed by atoms with E-state index in [-0.39, 0.29) is 6.04 Å². The van der Waals surface area contributed by atoms with Crippen molar-refractivity contribution >= 4 is 11.4 Å². The number of hydroxylamine groups is 1. The zero-order valence-corrected chi connectivity index (χ0v) is 13.0. The van der Waals surface area contributed by atoms with Crippen LogP contribution in [0.5, 0.6) is 5.75 Å². The van der Waals surface area contributed by atoms with Crippen molar-refractivity contribution in [1.29, 1.82) is 0 Å². The fourth-order valence-corrected chi connectivity index (χ4v) is 3.35. The van der Waals surface area contributed by atoms with Crippen LogP contribution in [-0.2, 0) is 4.74 Å². The van der Waals surface area contributed by atoms with Crippen LogP contribution < -0.4 is 4.74 Å². The average Bonchev–Trinajstić information content (AvgIpc) is 2.63. The normalized spacial score (nSPS) is 23.0. The number of benzene rings is 1. The van der Waals surface area contributed by atoms with Gasteiger partial charge in [-0.05, 0) is 47.6 Å². The van der Waals surface area contributed by atoms with Gasteiger partial charge in [-0.1, -0.05) is 0 Å². The summed E-state index contributed by atoms with van der Waals surface area (Å²) in [6, 6.07) is 7.49. The molecule has 1 aromatic rings. The lowest BCUT2D eigenvalue weighted by molar-refractivity contribution is -0.799. The van der Waals surface area contributed by atoms with Crippen LogP contribution >= 0.6 is 0 Å². The number of hydrogen-bond acceptors (Lipinski definition) is 4.